The molecule has 2 amide bonds. The first-order valence-corrected chi connectivity index (χ1v) is 11.9. The third kappa shape index (κ3) is 6.91. The van der Waals surface area contributed by atoms with Crippen LogP contribution in [0.4, 0.5) is 4.39 Å². The lowest BCUT2D eigenvalue weighted by Crippen LogP contribution is -2.49. The van der Waals surface area contributed by atoms with Crippen LogP contribution in [-0.2, 0) is 22.7 Å². The van der Waals surface area contributed by atoms with Crippen molar-refractivity contribution in [3.63, 3.8) is 0 Å². The van der Waals surface area contributed by atoms with Gasteiger partial charge in [-0.15, -0.1) is 0 Å². The average Bonchev–Trinajstić information content (AvgIpc) is 3.39. The van der Waals surface area contributed by atoms with Crippen molar-refractivity contribution in [1.82, 2.24) is 19.4 Å². The van der Waals surface area contributed by atoms with E-state index >= 15 is 0 Å². The highest BCUT2D eigenvalue weighted by molar-refractivity contribution is 5.78. The van der Waals surface area contributed by atoms with Crippen LogP contribution in [0, 0.1) is 11.7 Å². The maximum Gasteiger partial charge on any atom is 0.224 e. The summed E-state index contributed by atoms with van der Waals surface area (Å²) in [6.45, 7) is 2.08. The molecule has 0 N–H and O–H groups in total. The van der Waals surface area contributed by atoms with Gasteiger partial charge in [0.05, 0.1) is 6.33 Å². The highest BCUT2D eigenvalue weighted by atomic mass is 19.1. The minimum atomic E-state index is -0.329. The van der Waals surface area contributed by atoms with Crippen molar-refractivity contribution in [3.8, 4) is 5.75 Å². The number of benzene rings is 2. The summed E-state index contributed by atoms with van der Waals surface area (Å²) in [5.41, 5.74) is 1.06. The first-order valence-electron chi connectivity index (χ1n) is 11.9. The van der Waals surface area contributed by atoms with Crippen LogP contribution >= 0.6 is 0 Å². The van der Waals surface area contributed by atoms with E-state index in [4.69, 9.17) is 4.74 Å². The van der Waals surface area contributed by atoms with Gasteiger partial charge in [-0.1, -0.05) is 30.3 Å². The molecule has 0 saturated carbocycles. The van der Waals surface area contributed by atoms with Crippen LogP contribution in [0.2, 0.25) is 0 Å². The van der Waals surface area contributed by atoms with E-state index in [9.17, 15) is 14.0 Å². The van der Waals surface area contributed by atoms with E-state index in [2.05, 4.69) is 4.98 Å². The number of nitrogens with zero attached hydrogens (tertiary/aromatic N) is 4. The molecule has 0 aliphatic carbocycles. The number of rotatable bonds is 9. The summed E-state index contributed by atoms with van der Waals surface area (Å²) in [6, 6.07) is 15.7. The number of imidazole rings is 1. The van der Waals surface area contributed by atoms with Crippen LogP contribution in [-0.4, -0.2) is 57.4 Å². The lowest BCUT2D eigenvalue weighted by molar-refractivity contribution is -0.139. The number of ether oxygens (including phenoxy) is 1. The topological polar surface area (TPSA) is 67.7 Å². The van der Waals surface area contributed by atoms with Crippen molar-refractivity contribution in [2.45, 2.75) is 38.5 Å². The number of carbonyl (C=O) groups is 2. The van der Waals surface area contributed by atoms with Gasteiger partial charge < -0.3 is 19.1 Å². The zero-order valence-electron chi connectivity index (χ0n) is 19.9. The number of amides is 2. The Morgan fingerprint density at radius 1 is 1.14 bits per heavy atom. The zero-order valence-corrected chi connectivity index (χ0v) is 19.9. The maximum absolute atomic E-state index is 13.3. The highest BCUT2D eigenvalue weighted by Crippen LogP contribution is 2.27. The molecule has 35 heavy (non-hydrogen) atoms. The monoisotopic (exact) mass is 478 g/mol. The quantitative estimate of drug-likeness (QED) is 0.470. The van der Waals surface area contributed by atoms with Gasteiger partial charge in [-0.2, -0.15) is 0 Å². The Labute approximate surface area is 205 Å². The number of aromatic nitrogens is 2. The van der Waals surface area contributed by atoms with E-state index in [0.717, 1.165) is 5.56 Å². The molecule has 8 heteroatoms. The van der Waals surface area contributed by atoms with Gasteiger partial charge in [-0.3, -0.25) is 9.59 Å². The number of likely N-dealkylation sites (tertiary alicyclic amines) is 1. The molecule has 1 aromatic heterocycles. The molecular weight excluding hydrogens is 447 g/mol. The number of piperidine rings is 1. The van der Waals surface area contributed by atoms with Gasteiger partial charge in [-0.05, 0) is 29.8 Å². The van der Waals surface area contributed by atoms with Gasteiger partial charge in [0.2, 0.25) is 11.8 Å². The van der Waals surface area contributed by atoms with Gasteiger partial charge in [0.1, 0.15) is 17.7 Å². The van der Waals surface area contributed by atoms with Crippen molar-refractivity contribution in [2.24, 2.45) is 5.92 Å². The predicted molar refractivity (Wildman–Crippen MR) is 130 cm³/mol. The van der Waals surface area contributed by atoms with E-state index in [0.29, 0.717) is 44.8 Å². The Morgan fingerprint density at radius 3 is 2.63 bits per heavy atom. The Hall–Kier alpha value is -3.68. The normalized spacial score (nSPS) is 17.7. The molecule has 0 spiro atoms. The van der Waals surface area contributed by atoms with Crippen LogP contribution in [0.5, 0.6) is 5.75 Å². The minimum absolute atomic E-state index is 0.000673. The van der Waals surface area contributed by atoms with Gasteiger partial charge in [-0.25, -0.2) is 9.37 Å². The number of halogens is 1. The Bertz CT molecular complexity index is 1090. The number of aryl methyl sites for hydroxylation is 1. The Balaban J connectivity index is 1.41. The van der Waals surface area contributed by atoms with Crippen LogP contribution in [0.3, 0.4) is 0 Å². The predicted octanol–water partition coefficient (Wildman–Crippen LogP) is 3.76. The molecular formula is C27H31FN4O3. The number of carbonyl (C=O) groups excluding carboxylic acids is 2. The molecule has 184 valence electrons. The average molecular weight is 479 g/mol. The first kappa shape index (κ1) is 24.4. The minimum Gasteiger partial charge on any atom is -0.490 e. The Kier molecular flexibility index (Phi) is 8.13. The van der Waals surface area contributed by atoms with Crippen molar-refractivity contribution in [3.05, 3.63) is 84.7 Å². The summed E-state index contributed by atoms with van der Waals surface area (Å²) in [5, 5.41) is 0. The SMILES string of the molecule is CN(Cc1ccccc1)C(=O)C[C@H]1CN(C(=O)CCn2ccnc2)CC[C@@H]1Oc1ccc(F)cc1. The van der Waals surface area contributed by atoms with Crippen molar-refractivity contribution in [1.29, 1.82) is 0 Å². The Morgan fingerprint density at radius 2 is 1.91 bits per heavy atom. The summed E-state index contributed by atoms with van der Waals surface area (Å²) in [5.74, 6) is 0.112. The second kappa shape index (κ2) is 11.6. The molecule has 0 radical (unpaired) electrons. The lowest BCUT2D eigenvalue weighted by atomic mass is 9.90. The molecule has 0 unspecified atom stereocenters. The van der Waals surface area contributed by atoms with E-state index in [1.807, 2.05) is 46.0 Å². The van der Waals surface area contributed by atoms with E-state index in [-0.39, 0.29) is 36.1 Å². The molecule has 4 rings (SSSR count). The highest BCUT2D eigenvalue weighted by Gasteiger charge is 2.35. The van der Waals surface area contributed by atoms with E-state index < -0.39 is 0 Å². The van der Waals surface area contributed by atoms with Gasteiger partial charge in [0.25, 0.3) is 0 Å². The van der Waals surface area contributed by atoms with Crippen LogP contribution in [0.15, 0.2) is 73.3 Å². The molecule has 1 aliphatic heterocycles. The number of hydrogen-bond acceptors (Lipinski definition) is 4. The number of hydrogen-bond donors (Lipinski definition) is 0. The van der Waals surface area contributed by atoms with Crippen LogP contribution in [0.25, 0.3) is 0 Å². The fourth-order valence-corrected chi connectivity index (χ4v) is 4.40. The van der Waals surface area contributed by atoms with Gasteiger partial charge in [0, 0.05) is 70.8 Å². The molecule has 1 fully saturated rings. The van der Waals surface area contributed by atoms with Crippen LogP contribution in [0.1, 0.15) is 24.8 Å². The fraction of sp³-hybridized carbons (Fsp3) is 0.370. The summed E-state index contributed by atoms with van der Waals surface area (Å²) in [4.78, 5) is 33.6. The smallest absolute Gasteiger partial charge is 0.224 e. The largest absolute Gasteiger partial charge is 0.490 e. The van der Waals surface area contributed by atoms with E-state index in [1.165, 1.54) is 12.1 Å². The molecule has 1 aliphatic rings. The van der Waals surface area contributed by atoms with E-state index in [1.54, 1.807) is 36.6 Å². The third-order valence-corrected chi connectivity index (χ3v) is 6.39. The van der Waals surface area contributed by atoms with Gasteiger partial charge >= 0.3 is 0 Å². The van der Waals surface area contributed by atoms with Crippen molar-refractivity contribution in [2.75, 3.05) is 20.1 Å². The summed E-state index contributed by atoms with van der Waals surface area (Å²) in [6.07, 6.45) is 6.22. The fourth-order valence-electron chi connectivity index (χ4n) is 4.40. The molecule has 0 bridgehead atoms. The molecule has 2 heterocycles. The first-order chi connectivity index (χ1) is 17.0. The maximum atomic E-state index is 13.3. The standard InChI is InChI=1S/C27H31FN4O3/c1-30(18-21-5-3-2-4-6-21)27(34)17-22-19-32(26(33)12-14-31-16-13-29-20-31)15-11-25(22)35-24-9-7-23(28)8-10-24/h2-10,13,16,20,22,25H,11-12,14-15,17-19H2,1H3/t22-,25-/m0/s1. The molecule has 3 aromatic rings. The molecule has 2 aromatic carbocycles. The summed E-state index contributed by atoms with van der Waals surface area (Å²) >= 11 is 0. The van der Waals surface area contributed by atoms with Crippen molar-refractivity contribution >= 4 is 11.8 Å². The lowest BCUT2D eigenvalue weighted by Gasteiger charge is -2.39. The second-order valence-corrected chi connectivity index (χ2v) is 8.99. The second-order valence-electron chi connectivity index (χ2n) is 8.99. The van der Waals surface area contributed by atoms with Gasteiger partial charge in [0.15, 0.2) is 0 Å². The van der Waals surface area contributed by atoms with Crippen molar-refractivity contribution < 1.29 is 18.7 Å². The van der Waals surface area contributed by atoms with Crippen LogP contribution < -0.4 is 4.74 Å². The summed E-state index contributed by atoms with van der Waals surface area (Å²) < 4.78 is 21.4. The molecule has 1 saturated heterocycles. The third-order valence-electron chi connectivity index (χ3n) is 6.39. The zero-order chi connectivity index (χ0) is 24.6. The summed E-state index contributed by atoms with van der Waals surface area (Å²) in [7, 11) is 1.79. The molecule has 7 nitrogen and oxygen atoms in total. The molecule has 2 atom stereocenters.